The molecule has 0 aromatic heterocycles. The van der Waals surface area contributed by atoms with Crippen molar-refractivity contribution >= 4 is 23.5 Å². The van der Waals surface area contributed by atoms with Crippen molar-refractivity contribution in [3.8, 4) is 0 Å². The van der Waals surface area contributed by atoms with E-state index in [-0.39, 0.29) is 29.3 Å². The van der Waals surface area contributed by atoms with Gasteiger partial charge in [0.25, 0.3) is 0 Å². The second kappa shape index (κ2) is 5.79. The largest absolute Gasteiger partial charge is 0.481 e. The van der Waals surface area contributed by atoms with Gasteiger partial charge in [0.15, 0.2) is 0 Å². The fraction of sp³-hybridized carbons (Fsp3) is 0.429. The Bertz CT molecular complexity index is 527. The highest BCUT2D eigenvalue weighted by Crippen LogP contribution is 2.40. The number of amides is 1. The van der Waals surface area contributed by atoms with Crippen molar-refractivity contribution in [2.75, 3.05) is 6.54 Å². The van der Waals surface area contributed by atoms with E-state index in [9.17, 15) is 19.1 Å². The second-order valence-corrected chi connectivity index (χ2v) is 5.15. The first-order valence-corrected chi connectivity index (χ1v) is 6.81. The second-order valence-electron chi connectivity index (χ2n) is 4.74. The Kier molecular flexibility index (Phi) is 4.28. The van der Waals surface area contributed by atoms with Gasteiger partial charge in [0.05, 0.1) is 12.0 Å². The predicted octanol–water partition coefficient (Wildman–Crippen LogP) is 2.86. The fourth-order valence-electron chi connectivity index (χ4n) is 2.73. The SMILES string of the molecule is CCN1C(=O)CCC(C(=O)O)C1c1c(F)cccc1Cl. The van der Waals surface area contributed by atoms with E-state index in [1.807, 2.05) is 0 Å². The predicted molar refractivity (Wildman–Crippen MR) is 71.9 cm³/mol. The van der Waals surface area contributed by atoms with Crippen LogP contribution >= 0.6 is 11.6 Å². The minimum Gasteiger partial charge on any atom is -0.481 e. The lowest BCUT2D eigenvalue weighted by molar-refractivity contribution is -0.151. The molecule has 0 saturated carbocycles. The average molecular weight is 300 g/mol. The molecule has 20 heavy (non-hydrogen) atoms. The number of hydrogen-bond acceptors (Lipinski definition) is 2. The summed E-state index contributed by atoms with van der Waals surface area (Å²) in [4.78, 5) is 24.8. The molecule has 1 aromatic carbocycles. The number of likely N-dealkylation sites (tertiary alicyclic amines) is 1. The minimum atomic E-state index is -1.04. The van der Waals surface area contributed by atoms with Crippen molar-refractivity contribution in [3.63, 3.8) is 0 Å². The maximum atomic E-state index is 14.1. The maximum Gasteiger partial charge on any atom is 0.308 e. The van der Waals surface area contributed by atoms with Gasteiger partial charge in [0, 0.05) is 23.6 Å². The van der Waals surface area contributed by atoms with E-state index in [2.05, 4.69) is 0 Å². The first-order valence-electron chi connectivity index (χ1n) is 6.43. The summed E-state index contributed by atoms with van der Waals surface area (Å²) < 4.78 is 14.1. The lowest BCUT2D eigenvalue weighted by Gasteiger charge is -2.39. The molecule has 1 fully saturated rings. The maximum absolute atomic E-state index is 14.1. The Morgan fingerprint density at radius 1 is 1.55 bits per heavy atom. The van der Waals surface area contributed by atoms with Crippen molar-refractivity contribution in [2.24, 2.45) is 5.92 Å². The van der Waals surface area contributed by atoms with Gasteiger partial charge in [0.1, 0.15) is 5.82 Å². The van der Waals surface area contributed by atoms with E-state index in [0.29, 0.717) is 6.54 Å². The number of benzene rings is 1. The van der Waals surface area contributed by atoms with Crippen molar-refractivity contribution in [3.05, 3.63) is 34.6 Å². The number of halogens is 2. The van der Waals surface area contributed by atoms with Gasteiger partial charge in [-0.3, -0.25) is 9.59 Å². The number of hydrogen-bond donors (Lipinski definition) is 1. The van der Waals surface area contributed by atoms with E-state index in [1.165, 1.54) is 23.1 Å². The third-order valence-electron chi connectivity index (χ3n) is 3.66. The van der Waals surface area contributed by atoms with Crippen LogP contribution in [0.15, 0.2) is 18.2 Å². The molecule has 0 spiro atoms. The van der Waals surface area contributed by atoms with Gasteiger partial charge in [0.2, 0.25) is 5.91 Å². The van der Waals surface area contributed by atoms with Crippen LogP contribution < -0.4 is 0 Å². The van der Waals surface area contributed by atoms with Gasteiger partial charge in [-0.1, -0.05) is 17.7 Å². The van der Waals surface area contributed by atoms with Crippen LogP contribution in [0.5, 0.6) is 0 Å². The Balaban J connectivity index is 2.56. The summed E-state index contributed by atoms with van der Waals surface area (Å²) in [7, 11) is 0. The molecule has 1 N–H and O–H groups in total. The molecule has 1 aromatic rings. The van der Waals surface area contributed by atoms with Gasteiger partial charge >= 0.3 is 5.97 Å². The van der Waals surface area contributed by atoms with E-state index in [0.717, 1.165) is 0 Å². The summed E-state index contributed by atoms with van der Waals surface area (Å²) in [6.45, 7) is 2.06. The number of aliphatic carboxylic acids is 1. The lowest BCUT2D eigenvalue weighted by Crippen LogP contribution is -2.45. The van der Waals surface area contributed by atoms with Gasteiger partial charge < -0.3 is 10.0 Å². The van der Waals surface area contributed by atoms with Crippen LogP contribution in [0.1, 0.15) is 31.4 Å². The van der Waals surface area contributed by atoms with Crippen LogP contribution in [0.25, 0.3) is 0 Å². The van der Waals surface area contributed by atoms with Gasteiger partial charge in [-0.2, -0.15) is 0 Å². The quantitative estimate of drug-likeness (QED) is 0.933. The highest BCUT2D eigenvalue weighted by atomic mass is 35.5. The highest BCUT2D eigenvalue weighted by molar-refractivity contribution is 6.31. The summed E-state index contributed by atoms with van der Waals surface area (Å²) in [6.07, 6.45) is 0.355. The van der Waals surface area contributed by atoms with Crippen LogP contribution in [0.2, 0.25) is 5.02 Å². The summed E-state index contributed by atoms with van der Waals surface area (Å²) in [5.41, 5.74) is 0.0940. The Hall–Kier alpha value is -1.62. The molecule has 1 aliphatic rings. The van der Waals surface area contributed by atoms with Crippen molar-refractivity contribution in [1.29, 1.82) is 0 Å². The Labute approximate surface area is 121 Å². The molecule has 0 bridgehead atoms. The monoisotopic (exact) mass is 299 g/mol. The van der Waals surface area contributed by atoms with E-state index in [1.54, 1.807) is 6.92 Å². The van der Waals surface area contributed by atoms with E-state index in [4.69, 9.17) is 11.6 Å². The lowest BCUT2D eigenvalue weighted by atomic mass is 9.84. The van der Waals surface area contributed by atoms with Gasteiger partial charge in [-0.25, -0.2) is 4.39 Å². The summed E-state index contributed by atoms with van der Waals surface area (Å²) in [6, 6.07) is 3.34. The molecule has 108 valence electrons. The standard InChI is InChI=1S/C14H15ClFNO3/c1-2-17-11(18)7-6-8(14(19)20)13(17)12-9(15)4-3-5-10(12)16/h3-5,8,13H,2,6-7H2,1H3,(H,19,20). The summed E-state index contributed by atoms with van der Waals surface area (Å²) in [5.74, 6) is -2.64. The normalized spacial score (nSPS) is 22.9. The third-order valence-corrected chi connectivity index (χ3v) is 3.99. The number of carboxylic acid groups (broad SMARTS) is 1. The number of carbonyl (C=O) groups is 2. The van der Waals surface area contributed by atoms with E-state index < -0.39 is 23.7 Å². The minimum absolute atomic E-state index is 0.0940. The number of carbonyl (C=O) groups excluding carboxylic acids is 1. The molecular weight excluding hydrogens is 285 g/mol. The van der Waals surface area contributed by atoms with Crippen molar-refractivity contribution < 1.29 is 19.1 Å². The zero-order valence-corrected chi connectivity index (χ0v) is 11.7. The number of nitrogens with zero attached hydrogens (tertiary/aromatic N) is 1. The van der Waals surface area contributed by atoms with Crippen LogP contribution in [0.4, 0.5) is 4.39 Å². The number of rotatable bonds is 3. The van der Waals surface area contributed by atoms with Crippen molar-refractivity contribution in [1.82, 2.24) is 4.90 Å². The van der Waals surface area contributed by atoms with Crippen molar-refractivity contribution in [2.45, 2.75) is 25.8 Å². The number of carboxylic acids is 1. The fourth-order valence-corrected chi connectivity index (χ4v) is 3.01. The smallest absolute Gasteiger partial charge is 0.308 e. The molecule has 1 heterocycles. The zero-order valence-electron chi connectivity index (χ0n) is 11.0. The molecule has 6 heteroatoms. The summed E-state index contributed by atoms with van der Waals surface area (Å²) in [5, 5.41) is 9.50. The molecule has 1 amide bonds. The molecule has 2 atom stereocenters. The molecule has 0 radical (unpaired) electrons. The molecule has 2 unspecified atom stereocenters. The first-order chi connectivity index (χ1) is 9.47. The molecular formula is C14H15ClFNO3. The highest BCUT2D eigenvalue weighted by Gasteiger charge is 2.42. The molecule has 0 aliphatic carbocycles. The topological polar surface area (TPSA) is 57.6 Å². The third kappa shape index (κ3) is 2.50. The van der Waals surface area contributed by atoms with Gasteiger partial charge in [-0.15, -0.1) is 0 Å². The van der Waals surface area contributed by atoms with Crippen LogP contribution in [0, 0.1) is 11.7 Å². The van der Waals surface area contributed by atoms with Crippen LogP contribution in [0.3, 0.4) is 0 Å². The average Bonchev–Trinajstić information content (AvgIpc) is 2.38. The van der Waals surface area contributed by atoms with Crippen LogP contribution in [-0.4, -0.2) is 28.4 Å². The number of piperidine rings is 1. The van der Waals surface area contributed by atoms with Gasteiger partial charge in [-0.05, 0) is 25.5 Å². The Morgan fingerprint density at radius 3 is 2.80 bits per heavy atom. The molecule has 4 nitrogen and oxygen atoms in total. The van der Waals surface area contributed by atoms with E-state index >= 15 is 0 Å². The van der Waals surface area contributed by atoms with Crippen LogP contribution in [-0.2, 0) is 9.59 Å². The molecule has 2 rings (SSSR count). The zero-order chi connectivity index (χ0) is 14.9. The summed E-state index contributed by atoms with van der Waals surface area (Å²) >= 11 is 6.03. The Morgan fingerprint density at radius 2 is 2.25 bits per heavy atom. The first kappa shape index (κ1) is 14.8. The molecule has 1 saturated heterocycles. The molecule has 1 aliphatic heterocycles.